The number of benzene rings is 3. The number of rotatable bonds is 7. The Morgan fingerprint density at radius 3 is 2.17 bits per heavy atom. The summed E-state index contributed by atoms with van der Waals surface area (Å²) in [6.45, 7) is 0. The van der Waals surface area contributed by atoms with E-state index in [0.29, 0.717) is 16.9 Å². The van der Waals surface area contributed by atoms with Crippen molar-refractivity contribution in [3.05, 3.63) is 96.3 Å². The normalized spacial score (nSPS) is 11.2. The number of hydrogen-bond donors (Lipinski definition) is 1. The number of sulfone groups is 1. The predicted molar refractivity (Wildman–Crippen MR) is 124 cm³/mol. The molecule has 0 unspecified atom stereocenters. The molecule has 4 rings (SSSR count). The Bertz CT molecular complexity index is 1520. The van der Waals surface area contributed by atoms with E-state index in [9.17, 15) is 22.0 Å². The van der Waals surface area contributed by atoms with Gasteiger partial charge in [-0.05, 0) is 60.2 Å². The number of amides is 1. The van der Waals surface area contributed by atoms with Crippen LogP contribution in [0.4, 0.5) is 8.78 Å². The second-order valence-electron chi connectivity index (χ2n) is 7.51. The Hall–Kier alpha value is -4.31. The summed E-state index contributed by atoms with van der Waals surface area (Å²) in [5.41, 5.74) is 6.37. The number of nitrogens with zero attached hydrogens (tertiary/aromatic N) is 1. The first-order chi connectivity index (χ1) is 16.6. The maximum absolute atomic E-state index is 13.6. The Morgan fingerprint density at radius 2 is 1.51 bits per heavy atom. The zero-order valence-electron chi connectivity index (χ0n) is 18.2. The quantitative estimate of drug-likeness (QED) is 0.381. The lowest BCUT2D eigenvalue weighted by Crippen LogP contribution is -2.10. The highest BCUT2D eigenvalue weighted by Gasteiger charge is 2.18. The van der Waals surface area contributed by atoms with Crippen LogP contribution >= 0.6 is 0 Å². The Labute approximate surface area is 199 Å². The summed E-state index contributed by atoms with van der Waals surface area (Å²) in [4.78, 5) is 15.2. The van der Waals surface area contributed by atoms with Gasteiger partial charge >= 0.3 is 0 Å². The fraction of sp³-hybridized carbons (Fsp3) is 0.0400. The first-order valence-corrected chi connectivity index (χ1v) is 12.0. The van der Waals surface area contributed by atoms with Gasteiger partial charge in [0.25, 0.3) is 0 Å². The SMILES string of the molecule is CS(=O)(=O)c1cc(Oc2cncc(-c3ccc(F)c(F)c3)c2)ccc1Oc1ccc(C(N)=O)cc1. The molecule has 178 valence electrons. The maximum atomic E-state index is 13.6. The first-order valence-electron chi connectivity index (χ1n) is 10.1. The van der Waals surface area contributed by atoms with Gasteiger partial charge in [0, 0.05) is 29.6 Å². The lowest BCUT2D eigenvalue weighted by molar-refractivity contribution is 0.1000. The molecule has 3 aromatic carbocycles. The molecular formula is C25H18F2N2O5S. The smallest absolute Gasteiger partial charge is 0.248 e. The van der Waals surface area contributed by atoms with Gasteiger partial charge in [-0.25, -0.2) is 17.2 Å². The highest BCUT2D eigenvalue weighted by molar-refractivity contribution is 7.90. The van der Waals surface area contributed by atoms with Gasteiger partial charge in [0.15, 0.2) is 21.5 Å². The highest BCUT2D eigenvalue weighted by Crippen LogP contribution is 2.34. The molecule has 35 heavy (non-hydrogen) atoms. The van der Waals surface area contributed by atoms with Gasteiger partial charge in [-0.15, -0.1) is 0 Å². The standard InChI is InChI=1S/C25H18F2N2O5S/c1-35(31,32)24-12-19(7-9-23(24)34-18-5-2-15(3-6-18)25(28)30)33-20-10-17(13-29-14-20)16-4-8-21(26)22(27)11-16/h2-14H,1H3,(H2,28,30). The molecule has 0 aliphatic rings. The molecule has 0 atom stereocenters. The van der Waals surface area contributed by atoms with Crippen LogP contribution in [0.2, 0.25) is 0 Å². The summed E-state index contributed by atoms with van der Waals surface area (Å²) in [5, 5.41) is 0. The summed E-state index contributed by atoms with van der Waals surface area (Å²) in [7, 11) is -3.72. The number of carbonyl (C=O) groups excluding carboxylic acids is 1. The van der Waals surface area contributed by atoms with Crippen molar-refractivity contribution in [3.8, 4) is 34.1 Å². The zero-order chi connectivity index (χ0) is 25.2. The fourth-order valence-electron chi connectivity index (χ4n) is 3.18. The molecule has 0 saturated carbocycles. The molecule has 1 heterocycles. The number of nitrogens with two attached hydrogens (primary N) is 1. The van der Waals surface area contributed by atoms with Gasteiger partial charge in [-0.3, -0.25) is 9.78 Å². The third kappa shape index (κ3) is 5.61. The predicted octanol–water partition coefficient (Wildman–Crippen LogP) is 5.11. The van der Waals surface area contributed by atoms with E-state index in [2.05, 4.69) is 4.98 Å². The molecule has 7 nitrogen and oxygen atoms in total. The van der Waals surface area contributed by atoms with Gasteiger partial charge in [-0.2, -0.15) is 0 Å². The van der Waals surface area contributed by atoms with E-state index in [4.69, 9.17) is 15.2 Å². The first kappa shape index (κ1) is 23.8. The molecule has 0 spiro atoms. The van der Waals surface area contributed by atoms with Gasteiger partial charge < -0.3 is 15.2 Å². The van der Waals surface area contributed by atoms with E-state index in [1.54, 1.807) is 6.07 Å². The molecule has 0 aliphatic carbocycles. The van der Waals surface area contributed by atoms with Crippen LogP contribution in [0.3, 0.4) is 0 Å². The molecule has 2 N–H and O–H groups in total. The van der Waals surface area contributed by atoms with Crippen LogP contribution < -0.4 is 15.2 Å². The summed E-state index contributed by atoms with van der Waals surface area (Å²) in [5.74, 6) is -1.76. The molecule has 0 bridgehead atoms. The molecule has 10 heteroatoms. The third-order valence-electron chi connectivity index (χ3n) is 4.88. The van der Waals surface area contributed by atoms with Crippen molar-refractivity contribution in [2.24, 2.45) is 5.73 Å². The fourth-order valence-corrected chi connectivity index (χ4v) is 3.99. The second kappa shape index (κ2) is 9.51. The second-order valence-corrected chi connectivity index (χ2v) is 9.50. The molecule has 0 aliphatic heterocycles. The van der Waals surface area contributed by atoms with Crippen LogP contribution in [0.1, 0.15) is 10.4 Å². The molecular weight excluding hydrogens is 478 g/mol. The summed E-state index contributed by atoms with van der Waals surface area (Å²) in [6.07, 6.45) is 3.89. The van der Waals surface area contributed by atoms with Crippen molar-refractivity contribution in [1.29, 1.82) is 0 Å². The van der Waals surface area contributed by atoms with E-state index < -0.39 is 27.4 Å². The molecule has 1 aromatic heterocycles. The number of pyridine rings is 1. The Balaban J connectivity index is 1.61. The lowest BCUT2D eigenvalue weighted by Gasteiger charge is -2.13. The van der Waals surface area contributed by atoms with Crippen LogP contribution in [0.5, 0.6) is 23.0 Å². The average molecular weight is 496 g/mol. The summed E-state index contributed by atoms with van der Waals surface area (Å²) < 4.78 is 63.2. The van der Waals surface area contributed by atoms with Gasteiger partial charge in [0.2, 0.25) is 5.91 Å². The van der Waals surface area contributed by atoms with Crippen molar-refractivity contribution >= 4 is 15.7 Å². The number of ether oxygens (including phenoxy) is 2. The van der Waals surface area contributed by atoms with E-state index in [-0.39, 0.29) is 27.7 Å². The Kier molecular flexibility index (Phi) is 6.48. The zero-order valence-corrected chi connectivity index (χ0v) is 19.1. The number of primary amides is 1. The van der Waals surface area contributed by atoms with Crippen LogP contribution in [0, 0.1) is 11.6 Å². The molecule has 1 amide bonds. The number of carbonyl (C=O) groups is 1. The average Bonchev–Trinajstić information content (AvgIpc) is 2.82. The lowest BCUT2D eigenvalue weighted by atomic mass is 10.1. The van der Waals surface area contributed by atoms with Crippen LogP contribution in [-0.2, 0) is 9.84 Å². The highest BCUT2D eigenvalue weighted by atomic mass is 32.2. The van der Waals surface area contributed by atoms with Gasteiger partial charge in [0.1, 0.15) is 27.9 Å². The maximum Gasteiger partial charge on any atom is 0.248 e. The number of halogens is 2. The molecule has 0 radical (unpaired) electrons. The molecule has 4 aromatic rings. The van der Waals surface area contributed by atoms with E-state index >= 15 is 0 Å². The third-order valence-corrected chi connectivity index (χ3v) is 6.00. The molecule has 0 fully saturated rings. The Morgan fingerprint density at radius 1 is 0.800 bits per heavy atom. The summed E-state index contributed by atoms with van der Waals surface area (Å²) >= 11 is 0. The minimum atomic E-state index is -3.72. The van der Waals surface area contributed by atoms with Crippen molar-refractivity contribution in [2.45, 2.75) is 4.90 Å². The van der Waals surface area contributed by atoms with Crippen molar-refractivity contribution in [3.63, 3.8) is 0 Å². The van der Waals surface area contributed by atoms with Crippen molar-refractivity contribution in [1.82, 2.24) is 4.98 Å². The monoisotopic (exact) mass is 496 g/mol. The summed E-state index contributed by atoms with van der Waals surface area (Å²) in [6, 6.07) is 15.2. The van der Waals surface area contributed by atoms with E-state index in [1.807, 2.05) is 0 Å². The van der Waals surface area contributed by atoms with E-state index in [1.165, 1.54) is 60.9 Å². The minimum absolute atomic E-state index is 0.0559. The largest absolute Gasteiger partial charge is 0.456 e. The van der Waals surface area contributed by atoms with Crippen LogP contribution in [-0.4, -0.2) is 25.6 Å². The topological polar surface area (TPSA) is 109 Å². The van der Waals surface area contributed by atoms with E-state index in [0.717, 1.165) is 18.4 Å². The van der Waals surface area contributed by atoms with Crippen LogP contribution in [0.15, 0.2) is 84.0 Å². The van der Waals surface area contributed by atoms with Gasteiger partial charge in [0.05, 0.1) is 6.20 Å². The van der Waals surface area contributed by atoms with Crippen molar-refractivity contribution in [2.75, 3.05) is 6.26 Å². The molecule has 0 saturated heterocycles. The number of hydrogen-bond acceptors (Lipinski definition) is 6. The number of aromatic nitrogens is 1. The van der Waals surface area contributed by atoms with Crippen LogP contribution in [0.25, 0.3) is 11.1 Å². The van der Waals surface area contributed by atoms with Gasteiger partial charge in [-0.1, -0.05) is 6.07 Å². The minimum Gasteiger partial charge on any atom is -0.456 e. The van der Waals surface area contributed by atoms with Crippen molar-refractivity contribution < 1.29 is 31.5 Å².